The number of halogens is 1. The molecule has 32 heavy (non-hydrogen) atoms. The molecule has 8 heteroatoms. The van der Waals surface area contributed by atoms with Crippen LogP contribution in [0.3, 0.4) is 0 Å². The number of anilines is 1. The molecular weight excluding hydrogens is 426 g/mol. The largest absolute Gasteiger partial charge is 0.318 e. The van der Waals surface area contributed by atoms with Crippen molar-refractivity contribution in [2.45, 2.75) is 13.5 Å². The van der Waals surface area contributed by atoms with Gasteiger partial charge in [0.25, 0.3) is 11.5 Å². The second kappa shape index (κ2) is 7.94. The zero-order valence-corrected chi connectivity index (χ0v) is 17.9. The van der Waals surface area contributed by atoms with E-state index in [0.717, 1.165) is 11.1 Å². The lowest BCUT2D eigenvalue weighted by Gasteiger charge is -2.12. The number of carbonyl (C=O) groups excluding carboxylic acids is 1. The SMILES string of the molecule is Cc1ccc2c(c1)n(Cc1ccccc1)c(=O)c1nc(C(=O)Nc3ccccc3Cl)nn12. The molecular formula is C24H18ClN5O2. The molecule has 0 aliphatic rings. The highest BCUT2D eigenvalue weighted by Crippen LogP contribution is 2.21. The van der Waals surface area contributed by atoms with Crippen molar-refractivity contribution < 1.29 is 4.79 Å². The van der Waals surface area contributed by atoms with Gasteiger partial charge in [-0.05, 0) is 42.3 Å². The van der Waals surface area contributed by atoms with Crippen molar-refractivity contribution in [3.05, 3.63) is 105 Å². The third-order valence-electron chi connectivity index (χ3n) is 5.20. The fourth-order valence-corrected chi connectivity index (χ4v) is 3.82. The maximum atomic E-state index is 13.4. The summed E-state index contributed by atoms with van der Waals surface area (Å²) in [6.45, 7) is 2.34. The van der Waals surface area contributed by atoms with Crippen LogP contribution in [0.2, 0.25) is 5.02 Å². The molecule has 0 atom stereocenters. The molecule has 0 spiro atoms. The zero-order valence-electron chi connectivity index (χ0n) is 17.1. The van der Waals surface area contributed by atoms with Crippen molar-refractivity contribution in [3.63, 3.8) is 0 Å². The van der Waals surface area contributed by atoms with Crippen LogP contribution in [-0.2, 0) is 6.54 Å². The van der Waals surface area contributed by atoms with Gasteiger partial charge in [0.1, 0.15) is 0 Å². The van der Waals surface area contributed by atoms with Crippen LogP contribution in [0.5, 0.6) is 0 Å². The minimum Gasteiger partial charge on any atom is -0.318 e. The Labute approximate surface area is 187 Å². The maximum absolute atomic E-state index is 13.4. The molecule has 0 aliphatic carbocycles. The predicted octanol–water partition coefficient (Wildman–Crippen LogP) is 4.31. The highest BCUT2D eigenvalue weighted by Gasteiger charge is 2.20. The molecule has 1 amide bonds. The number of fused-ring (bicyclic) bond motifs is 3. The van der Waals surface area contributed by atoms with Gasteiger partial charge in [0.05, 0.1) is 28.3 Å². The summed E-state index contributed by atoms with van der Waals surface area (Å²) in [5.74, 6) is -0.655. The van der Waals surface area contributed by atoms with Gasteiger partial charge in [-0.2, -0.15) is 4.98 Å². The summed E-state index contributed by atoms with van der Waals surface area (Å²) in [5.41, 5.74) is 3.60. The van der Waals surface area contributed by atoms with E-state index in [2.05, 4.69) is 15.4 Å². The van der Waals surface area contributed by atoms with Crippen LogP contribution in [0, 0.1) is 6.92 Å². The Morgan fingerprint density at radius 2 is 1.75 bits per heavy atom. The number of carbonyl (C=O) groups is 1. The Bertz CT molecular complexity index is 1540. The van der Waals surface area contributed by atoms with Crippen molar-refractivity contribution in [1.29, 1.82) is 0 Å². The van der Waals surface area contributed by atoms with Crippen molar-refractivity contribution in [3.8, 4) is 0 Å². The number of nitrogens with one attached hydrogen (secondary N) is 1. The van der Waals surface area contributed by atoms with E-state index in [1.54, 1.807) is 28.8 Å². The number of benzene rings is 3. The minimum atomic E-state index is -0.545. The van der Waals surface area contributed by atoms with E-state index < -0.39 is 5.91 Å². The number of aryl methyl sites for hydroxylation is 1. The number of aromatic nitrogens is 4. The summed E-state index contributed by atoms with van der Waals surface area (Å²) >= 11 is 6.14. The molecule has 0 saturated heterocycles. The molecule has 1 N–H and O–H groups in total. The first-order valence-electron chi connectivity index (χ1n) is 10.0. The Morgan fingerprint density at radius 3 is 2.53 bits per heavy atom. The summed E-state index contributed by atoms with van der Waals surface area (Å²) in [6.07, 6.45) is 0. The van der Waals surface area contributed by atoms with Gasteiger partial charge in [-0.15, -0.1) is 5.10 Å². The molecule has 2 heterocycles. The van der Waals surface area contributed by atoms with Crippen molar-refractivity contribution in [2.24, 2.45) is 0 Å². The molecule has 158 valence electrons. The topological polar surface area (TPSA) is 81.3 Å². The summed E-state index contributed by atoms with van der Waals surface area (Å²) in [7, 11) is 0. The Kier molecular flexibility index (Phi) is 4.95. The lowest BCUT2D eigenvalue weighted by atomic mass is 10.2. The van der Waals surface area contributed by atoms with Crippen molar-refractivity contribution >= 4 is 39.9 Å². The van der Waals surface area contributed by atoms with E-state index >= 15 is 0 Å². The highest BCUT2D eigenvalue weighted by atomic mass is 35.5. The molecule has 0 radical (unpaired) electrons. The first kappa shape index (κ1) is 20.0. The Balaban J connectivity index is 1.66. The molecule has 0 fully saturated rings. The normalized spacial score (nSPS) is 11.2. The Hall–Kier alpha value is -3.97. The molecule has 7 nitrogen and oxygen atoms in total. The van der Waals surface area contributed by atoms with E-state index in [1.807, 2.05) is 55.5 Å². The summed E-state index contributed by atoms with van der Waals surface area (Å²) < 4.78 is 3.09. The van der Waals surface area contributed by atoms with Crippen LogP contribution >= 0.6 is 11.6 Å². The van der Waals surface area contributed by atoms with Crippen LogP contribution in [0.4, 0.5) is 5.69 Å². The quantitative estimate of drug-likeness (QED) is 0.449. The van der Waals surface area contributed by atoms with E-state index in [4.69, 9.17) is 11.6 Å². The fraction of sp³-hybridized carbons (Fsp3) is 0.0833. The summed E-state index contributed by atoms with van der Waals surface area (Å²) in [5, 5.41) is 7.44. The smallest absolute Gasteiger partial charge is 0.296 e. The average molecular weight is 444 g/mol. The monoisotopic (exact) mass is 443 g/mol. The van der Waals surface area contributed by atoms with Crippen LogP contribution in [0.15, 0.2) is 77.6 Å². The average Bonchev–Trinajstić information content (AvgIpc) is 3.25. The lowest BCUT2D eigenvalue weighted by molar-refractivity contribution is 0.101. The van der Waals surface area contributed by atoms with E-state index in [0.29, 0.717) is 28.3 Å². The number of rotatable bonds is 4. The lowest BCUT2D eigenvalue weighted by Crippen LogP contribution is -2.24. The number of hydrogen-bond acceptors (Lipinski definition) is 4. The summed E-state index contributed by atoms with van der Waals surface area (Å²) in [4.78, 5) is 30.5. The highest BCUT2D eigenvalue weighted by molar-refractivity contribution is 6.33. The number of amides is 1. The second-order valence-electron chi connectivity index (χ2n) is 7.47. The fourth-order valence-electron chi connectivity index (χ4n) is 3.64. The van der Waals surface area contributed by atoms with E-state index in [-0.39, 0.29) is 17.0 Å². The predicted molar refractivity (Wildman–Crippen MR) is 124 cm³/mol. The van der Waals surface area contributed by atoms with Crippen LogP contribution < -0.4 is 10.9 Å². The molecule has 2 aromatic heterocycles. The number of para-hydroxylation sites is 1. The molecule has 0 aliphatic heterocycles. The van der Waals surface area contributed by atoms with Gasteiger partial charge < -0.3 is 5.32 Å². The van der Waals surface area contributed by atoms with Gasteiger partial charge in [-0.1, -0.05) is 60.1 Å². The molecule has 3 aromatic carbocycles. The standard InChI is InChI=1S/C24H18ClN5O2/c1-15-11-12-19-20(13-15)29(14-16-7-3-2-4-8-16)24(32)22-27-21(28-30(19)22)23(31)26-18-10-6-5-9-17(18)25/h2-13H,14H2,1H3,(H,26,31). The third-order valence-corrected chi connectivity index (χ3v) is 5.53. The van der Waals surface area contributed by atoms with Gasteiger partial charge >= 0.3 is 0 Å². The minimum absolute atomic E-state index is 0.0848. The van der Waals surface area contributed by atoms with Gasteiger partial charge in [-0.3, -0.25) is 14.2 Å². The maximum Gasteiger partial charge on any atom is 0.296 e. The molecule has 0 bridgehead atoms. The van der Waals surface area contributed by atoms with Crippen LogP contribution in [0.1, 0.15) is 21.7 Å². The molecule has 0 saturated carbocycles. The molecule has 0 unspecified atom stereocenters. The third kappa shape index (κ3) is 3.52. The van der Waals surface area contributed by atoms with Gasteiger partial charge in [0.15, 0.2) is 0 Å². The summed E-state index contributed by atoms with van der Waals surface area (Å²) in [6, 6.07) is 22.3. The van der Waals surface area contributed by atoms with Crippen LogP contribution in [-0.4, -0.2) is 25.1 Å². The number of nitrogens with zero attached hydrogens (tertiary/aromatic N) is 4. The van der Waals surface area contributed by atoms with Gasteiger partial charge in [-0.25, -0.2) is 4.52 Å². The van der Waals surface area contributed by atoms with E-state index in [1.165, 1.54) is 4.52 Å². The van der Waals surface area contributed by atoms with Gasteiger partial charge in [0, 0.05) is 0 Å². The Morgan fingerprint density at radius 1 is 1.00 bits per heavy atom. The zero-order chi connectivity index (χ0) is 22.2. The van der Waals surface area contributed by atoms with Crippen molar-refractivity contribution in [1.82, 2.24) is 19.2 Å². The molecule has 5 rings (SSSR count). The van der Waals surface area contributed by atoms with E-state index in [9.17, 15) is 9.59 Å². The first-order chi connectivity index (χ1) is 15.5. The second-order valence-corrected chi connectivity index (χ2v) is 7.88. The first-order valence-corrected chi connectivity index (χ1v) is 10.4. The van der Waals surface area contributed by atoms with Crippen LogP contribution in [0.25, 0.3) is 16.7 Å². The van der Waals surface area contributed by atoms with Crippen molar-refractivity contribution in [2.75, 3.05) is 5.32 Å². The molecule has 5 aromatic rings. The number of hydrogen-bond donors (Lipinski definition) is 1. The van der Waals surface area contributed by atoms with Gasteiger partial charge in [0.2, 0.25) is 11.5 Å².